The molecule has 1 N–H and O–H groups in total. The standard InChI is InChI=1S/C17H18FNO/c1-12-5-2-8-15-16(9-4-10-20-17(12)15)19-14-7-3-6-13(18)11-14/h2-3,5-8,11,16,19H,4,9-10H2,1H3. The molecule has 1 atom stereocenters. The van der Waals surface area contributed by atoms with E-state index in [0.717, 1.165) is 42.0 Å². The summed E-state index contributed by atoms with van der Waals surface area (Å²) in [7, 11) is 0. The second kappa shape index (κ2) is 5.53. The predicted molar refractivity (Wildman–Crippen MR) is 78.7 cm³/mol. The number of hydrogen-bond acceptors (Lipinski definition) is 2. The van der Waals surface area contributed by atoms with E-state index in [-0.39, 0.29) is 11.9 Å². The largest absolute Gasteiger partial charge is 0.493 e. The molecule has 0 saturated heterocycles. The first-order valence-corrected chi connectivity index (χ1v) is 6.98. The first-order valence-electron chi connectivity index (χ1n) is 6.98. The molecule has 0 saturated carbocycles. The molecule has 104 valence electrons. The fourth-order valence-electron chi connectivity index (χ4n) is 2.69. The van der Waals surface area contributed by atoms with Crippen molar-refractivity contribution in [2.45, 2.75) is 25.8 Å². The maximum Gasteiger partial charge on any atom is 0.127 e. The van der Waals surface area contributed by atoms with Crippen molar-refractivity contribution in [3.8, 4) is 5.75 Å². The topological polar surface area (TPSA) is 21.3 Å². The van der Waals surface area contributed by atoms with E-state index in [9.17, 15) is 4.39 Å². The summed E-state index contributed by atoms with van der Waals surface area (Å²) in [6.45, 7) is 2.79. The van der Waals surface area contributed by atoms with E-state index in [1.54, 1.807) is 6.07 Å². The molecule has 3 heteroatoms. The first-order chi connectivity index (χ1) is 9.74. The fourth-order valence-corrected chi connectivity index (χ4v) is 2.69. The summed E-state index contributed by atoms with van der Waals surface area (Å²) in [5.41, 5.74) is 3.12. The van der Waals surface area contributed by atoms with Crippen molar-refractivity contribution in [2.75, 3.05) is 11.9 Å². The minimum atomic E-state index is -0.218. The Morgan fingerprint density at radius 2 is 2.05 bits per heavy atom. The smallest absolute Gasteiger partial charge is 0.127 e. The summed E-state index contributed by atoms with van der Waals surface area (Å²) >= 11 is 0. The van der Waals surface area contributed by atoms with Gasteiger partial charge in [0.15, 0.2) is 0 Å². The summed E-state index contributed by atoms with van der Waals surface area (Å²) < 4.78 is 19.2. The lowest BCUT2D eigenvalue weighted by atomic mass is 9.99. The third kappa shape index (κ3) is 2.62. The minimum absolute atomic E-state index is 0.161. The van der Waals surface area contributed by atoms with E-state index in [1.807, 2.05) is 12.1 Å². The minimum Gasteiger partial charge on any atom is -0.493 e. The first kappa shape index (κ1) is 13.0. The van der Waals surface area contributed by atoms with E-state index in [0.29, 0.717) is 0 Å². The summed E-state index contributed by atoms with van der Waals surface area (Å²) in [5, 5.41) is 3.43. The van der Waals surface area contributed by atoms with Gasteiger partial charge in [-0.15, -0.1) is 0 Å². The number of benzene rings is 2. The van der Waals surface area contributed by atoms with Crippen molar-refractivity contribution >= 4 is 5.69 Å². The average Bonchev–Trinajstić information content (AvgIpc) is 2.63. The van der Waals surface area contributed by atoms with Crippen LogP contribution in [0.1, 0.15) is 30.0 Å². The Labute approximate surface area is 118 Å². The lowest BCUT2D eigenvalue weighted by Gasteiger charge is -2.20. The van der Waals surface area contributed by atoms with Gasteiger partial charge >= 0.3 is 0 Å². The third-order valence-corrected chi connectivity index (χ3v) is 3.67. The molecule has 0 spiro atoms. The SMILES string of the molecule is Cc1cccc2c1OCCCC2Nc1cccc(F)c1. The monoisotopic (exact) mass is 271 g/mol. The van der Waals surface area contributed by atoms with Gasteiger partial charge in [0, 0.05) is 11.3 Å². The molecule has 1 heterocycles. The fraction of sp³-hybridized carbons (Fsp3) is 0.294. The predicted octanol–water partition coefficient (Wildman–Crippen LogP) is 4.46. The van der Waals surface area contributed by atoms with Crippen molar-refractivity contribution < 1.29 is 9.13 Å². The average molecular weight is 271 g/mol. The van der Waals surface area contributed by atoms with Crippen molar-refractivity contribution in [3.05, 3.63) is 59.4 Å². The molecule has 2 nitrogen and oxygen atoms in total. The van der Waals surface area contributed by atoms with E-state index in [2.05, 4.69) is 24.4 Å². The van der Waals surface area contributed by atoms with Crippen LogP contribution in [0.2, 0.25) is 0 Å². The Kier molecular flexibility index (Phi) is 3.59. The van der Waals surface area contributed by atoms with Gasteiger partial charge in [0.1, 0.15) is 11.6 Å². The van der Waals surface area contributed by atoms with Gasteiger partial charge in [0.05, 0.1) is 12.6 Å². The van der Waals surface area contributed by atoms with Crippen LogP contribution in [0, 0.1) is 12.7 Å². The molecule has 0 fully saturated rings. The lowest BCUT2D eigenvalue weighted by molar-refractivity contribution is 0.314. The van der Waals surface area contributed by atoms with E-state index in [1.165, 1.54) is 12.1 Å². The maximum absolute atomic E-state index is 13.3. The molecule has 2 aromatic rings. The number of anilines is 1. The zero-order valence-electron chi connectivity index (χ0n) is 11.5. The third-order valence-electron chi connectivity index (χ3n) is 3.67. The van der Waals surface area contributed by atoms with Gasteiger partial charge in [-0.05, 0) is 43.5 Å². The zero-order valence-corrected chi connectivity index (χ0v) is 11.5. The number of nitrogens with one attached hydrogen (secondary N) is 1. The van der Waals surface area contributed by atoms with E-state index < -0.39 is 0 Å². The number of para-hydroxylation sites is 1. The van der Waals surface area contributed by atoms with Crippen LogP contribution in [0.15, 0.2) is 42.5 Å². The molecule has 0 bridgehead atoms. The van der Waals surface area contributed by atoms with Gasteiger partial charge in [-0.25, -0.2) is 4.39 Å². The lowest BCUT2D eigenvalue weighted by Crippen LogP contribution is -2.10. The summed E-state index contributed by atoms with van der Waals surface area (Å²) in [6.07, 6.45) is 1.97. The highest BCUT2D eigenvalue weighted by atomic mass is 19.1. The molecule has 0 aliphatic carbocycles. The highest BCUT2D eigenvalue weighted by molar-refractivity contribution is 5.50. The Bertz CT molecular complexity index is 612. The Balaban J connectivity index is 1.92. The van der Waals surface area contributed by atoms with Crippen LogP contribution in [0.4, 0.5) is 10.1 Å². The molecular weight excluding hydrogens is 253 g/mol. The zero-order chi connectivity index (χ0) is 13.9. The second-order valence-corrected chi connectivity index (χ2v) is 5.19. The number of rotatable bonds is 2. The van der Waals surface area contributed by atoms with Crippen molar-refractivity contribution in [1.82, 2.24) is 0 Å². The Hall–Kier alpha value is -2.03. The quantitative estimate of drug-likeness (QED) is 0.870. The van der Waals surface area contributed by atoms with Gasteiger partial charge in [-0.3, -0.25) is 0 Å². The van der Waals surface area contributed by atoms with Gasteiger partial charge in [-0.1, -0.05) is 24.3 Å². The van der Waals surface area contributed by atoms with E-state index >= 15 is 0 Å². The number of halogens is 1. The molecule has 1 aliphatic heterocycles. The molecule has 20 heavy (non-hydrogen) atoms. The number of ether oxygens (including phenoxy) is 1. The second-order valence-electron chi connectivity index (χ2n) is 5.19. The Morgan fingerprint density at radius 3 is 2.90 bits per heavy atom. The summed E-state index contributed by atoms with van der Waals surface area (Å²) in [6, 6.07) is 13.0. The van der Waals surface area contributed by atoms with Gasteiger partial charge < -0.3 is 10.1 Å². The van der Waals surface area contributed by atoms with Gasteiger partial charge in [0.25, 0.3) is 0 Å². The highest BCUT2D eigenvalue weighted by Gasteiger charge is 2.20. The van der Waals surface area contributed by atoms with Gasteiger partial charge in [-0.2, -0.15) is 0 Å². The van der Waals surface area contributed by atoms with Crippen LogP contribution in [-0.2, 0) is 0 Å². The van der Waals surface area contributed by atoms with Crippen molar-refractivity contribution in [3.63, 3.8) is 0 Å². The van der Waals surface area contributed by atoms with Crippen molar-refractivity contribution in [1.29, 1.82) is 0 Å². The van der Waals surface area contributed by atoms with E-state index in [4.69, 9.17) is 4.74 Å². The number of fused-ring (bicyclic) bond motifs is 1. The molecule has 3 rings (SSSR count). The Morgan fingerprint density at radius 1 is 1.20 bits per heavy atom. The number of aryl methyl sites for hydroxylation is 1. The highest BCUT2D eigenvalue weighted by Crippen LogP contribution is 2.36. The molecule has 0 amide bonds. The molecule has 1 unspecified atom stereocenters. The molecule has 2 aromatic carbocycles. The van der Waals surface area contributed by atoms with Crippen molar-refractivity contribution in [2.24, 2.45) is 0 Å². The van der Waals surface area contributed by atoms with Crippen LogP contribution < -0.4 is 10.1 Å². The van der Waals surface area contributed by atoms with Crippen LogP contribution in [0.5, 0.6) is 5.75 Å². The molecule has 0 radical (unpaired) electrons. The normalized spacial score (nSPS) is 17.8. The summed E-state index contributed by atoms with van der Waals surface area (Å²) in [5.74, 6) is 0.753. The molecule has 0 aromatic heterocycles. The number of hydrogen-bond donors (Lipinski definition) is 1. The van der Waals surface area contributed by atoms with Crippen LogP contribution >= 0.6 is 0 Å². The molecular formula is C17H18FNO. The van der Waals surface area contributed by atoms with Crippen LogP contribution in [0.25, 0.3) is 0 Å². The molecule has 1 aliphatic rings. The van der Waals surface area contributed by atoms with Crippen LogP contribution in [-0.4, -0.2) is 6.61 Å². The van der Waals surface area contributed by atoms with Crippen LogP contribution in [0.3, 0.4) is 0 Å². The van der Waals surface area contributed by atoms with Gasteiger partial charge in [0.2, 0.25) is 0 Å². The maximum atomic E-state index is 13.3. The summed E-state index contributed by atoms with van der Waals surface area (Å²) in [4.78, 5) is 0.